The first-order valence-corrected chi connectivity index (χ1v) is 7.77. The molecule has 2 aliphatic rings. The Hall–Kier alpha value is -1.40. The molecule has 0 spiro atoms. The van der Waals surface area contributed by atoms with Crippen molar-refractivity contribution in [2.24, 2.45) is 11.8 Å². The van der Waals surface area contributed by atoms with E-state index < -0.39 is 0 Å². The normalized spacial score (nSPS) is 27.2. The van der Waals surface area contributed by atoms with Crippen molar-refractivity contribution in [2.75, 3.05) is 39.3 Å². The second-order valence-corrected chi connectivity index (χ2v) is 6.28. The zero-order valence-electron chi connectivity index (χ0n) is 12.8. The molecule has 1 amide bonds. The minimum Gasteiger partial charge on any atom is -0.360 e. The molecule has 0 radical (unpaired) electrons. The van der Waals surface area contributed by atoms with Gasteiger partial charge in [-0.3, -0.25) is 9.69 Å². The van der Waals surface area contributed by atoms with Crippen LogP contribution in [0.4, 0.5) is 0 Å². The van der Waals surface area contributed by atoms with Gasteiger partial charge in [-0.25, -0.2) is 0 Å². The van der Waals surface area contributed by atoms with Crippen LogP contribution in [0.15, 0.2) is 10.6 Å². The highest BCUT2D eigenvalue weighted by Gasteiger charge is 2.34. The van der Waals surface area contributed by atoms with Gasteiger partial charge in [0.15, 0.2) is 5.76 Å². The molecule has 2 saturated heterocycles. The number of piperazine rings is 1. The average Bonchev–Trinajstić information content (AvgIpc) is 3.08. The van der Waals surface area contributed by atoms with E-state index in [0.29, 0.717) is 11.8 Å². The number of aryl methyl sites for hydroxylation is 1. The third-order valence-corrected chi connectivity index (χ3v) is 4.57. The lowest BCUT2D eigenvalue weighted by Crippen LogP contribution is -2.50. The number of carbonyl (C=O) groups excluding carboxylic acids is 1. The van der Waals surface area contributed by atoms with Crippen LogP contribution in [0, 0.1) is 18.8 Å². The Balaban J connectivity index is 1.49. The second-order valence-electron chi connectivity index (χ2n) is 6.28. The van der Waals surface area contributed by atoms with Crippen molar-refractivity contribution in [3.05, 3.63) is 17.5 Å². The maximum atomic E-state index is 12.5. The van der Waals surface area contributed by atoms with Gasteiger partial charge in [0.2, 0.25) is 5.91 Å². The van der Waals surface area contributed by atoms with E-state index in [1.54, 1.807) is 0 Å². The minimum atomic E-state index is 0.161. The summed E-state index contributed by atoms with van der Waals surface area (Å²) in [5, 5.41) is 7.22. The van der Waals surface area contributed by atoms with Crippen LogP contribution in [0.25, 0.3) is 0 Å². The van der Waals surface area contributed by atoms with E-state index >= 15 is 0 Å². The fraction of sp³-hybridized carbons (Fsp3) is 0.733. The molecule has 6 nitrogen and oxygen atoms in total. The van der Waals surface area contributed by atoms with Crippen LogP contribution >= 0.6 is 0 Å². The lowest BCUT2D eigenvalue weighted by atomic mass is 9.96. The van der Waals surface area contributed by atoms with E-state index in [-0.39, 0.29) is 5.92 Å². The molecule has 1 N–H and O–H groups in total. The number of amides is 1. The minimum absolute atomic E-state index is 0.161. The first-order valence-electron chi connectivity index (χ1n) is 7.77. The summed E-state index contributed by atoms with van der Waals surface area (Å²) in [5.41, 5.74) is 0.918. The zero-order valence-corrected chi connectivity index (χ0v) is 12.8. The van der Waals surface area contributed by atoms with Gasteiger partial charge < -0.3 is 14.7 Å². The lowest BCUT2D eigenvalue weighted by molar-refractivity contribution is -0.137. The van der Waals surface area contributed by atoms with Crippen LogP contribution < -0.4 is 5.32 Å². The molecule has 1 aromatic heterocycles. The monoisotopic (exact) mass is 292 g/mol. The summed E-state index contributed by atoms with van der Waals surface area (Å²) in [4.78, 5) is 16.9. The topological polar surface area (TPSA) is 61.6 Å². The largest absolute Gasteiger partial charge is 0.360 e. The quantitative estimate of drug-likeness (QED) is 0.878. The summed E-state index contributed by atoms with van der Waals surface area (Å²) in [6, 6.07) is 1.98. The Morgan fingerprint density at radius 1 is 1.38 bits per heavy atom. The van der Waals surface area contributed by atoms with Crippen molar-refractivity contribution < 1.29 is 9.32 Å². The van der Waals surface area contributed by atoms with E-state index in [9.17, 15) is 4.79 Å². The van der Waals surface area contributed by atoms with Crippen LogP contribution in [0.3, 0.4) is 0 Å². The molecule has 1 aromatic rings. The summed E-state index contributed by atoms with van der Waals surface area (Å²) in [6.07, 6.45) is 0. The van der Waals surface area contributed by atoms with E-state index in [2.05, 4.69) is 22.3 Å². The number of hydrogen-bond donors (Lipinski definition) is 1. The number of hydrogen-bond acceptors (Lipinski definition) is 5. The summed E-state index contributed by atoms with van der Waals surface area (Å²) < 4.78 is 5.26. The van der Waals surface area contributed by atoms with Gasteiger partial charge in [0.1, 0.15) is 0 Å². The highest BCUT2D eigenvalue weighted by atomic mass is 16.5. The van der Waals surface area contributed by atoms with Gasteiger partial charge in [-0.05, 0) is 19.4 Å². The molecule has 0 saturated carbocycles. The lowest BCUT2D eigenvalue weighted by Gasteiger charge is -2.36. The van der Waals surface area contributed by atoms with Crippen molar-refractivity contribution in [3.63, 3.8) is 0 Å². The maximum absolute atomic E-state index is 12.5. The predicted molar refractivity (Wildman–Crippen MR) is 78.6 cm³/mol. The first-order chi connectivity index (χ1) is 10.1. The van der Waals surface area contributed by atoms with Crippen molar-refractivity contribution in [2.45, 2.75) is 20.4 Å². The second kappa shape index (κ2) is 6.15. The fourth-order valence-corrected chi connectivity index (χ4v) is 3.21. The van der Waals surface area contributed by atoms with Gasteiger partial charge in [0, 0.05) is 38.8 Å². The molecular weight excluding hydrogens is 268 g/mol. The molecule has 2 aliphatic heterocycles. The van der Waals surface area contributed by atoms with E-state index in [0.717, 1.165) is 57.3 Å². The van der Waals surface area contributed by atoms with Crippen molar-refractivity contribution in [1.29, 1.82) is 0 Å². The van der Waals surface area contributed by atoms with Gasteiger partial charge in [0.05, 0.1) is 18.2 Å². The van der Waals surface area contributed by atoms with Crippen molar-refractivity contribution in [1.82, 2.24) is 20.3 Å². The molecule has 3 heterocycles. The number of rotatable bonds is 3. The number of nitrogens with one attached hydrogen (secondary N) is 1. The van der Waals surface area contributed by atoms with Gasteiger partial charge in [-0.2, -0.15) is 0 Å². The van der Waals surface area contributed by atoms with Crippen LogP contribution in [-0.4, -0.2) is 60.1 Å². The van der Waals surface area contributed by atoms with E-state index in [1.165, 1.54) is 0 Å². The molecule has 116 valence electrons. The van der Waals surface area contributed by atoms with Gasteiger partial charge in [-0.15, -0.1) is 0 Å². The molecule has 3 rings (SSSR count). The Bertz CT molecular complexity index is 494. The highest BCUT2D eigenvalue weighted by Crippen LogP contribution is 2.20. The number of nitrogens with zero attached hydrogens (tertiary/aromatic N) is 3. The summed E-state index contributed by atoms with van der Waals surface area (Å²) >= 11 is 0. The standard InChI is InChI=1S/C15H24N4O2/c1-11-8-16-9-14(11)15(20)19-5-3-18(4-6-19)10-13-7-12(2)17-21-13/h7,11,14,16H,3-6,8-10H2,1-2H3/t11-,14-/m1/s1. The molecule has 0 aromatic carbocycles. The molecule has 0 aliphatic carbocycles. The highest BCUT2D eigenvalue weighted by molar-refractivity contribution is 5.79. The molecular formula is C15H24N4O2. The third kappa shape index (κ3) is 3.27. The van der Waals surface area contributed by atoms with Crippen LogP contribution in [0.2, 0.25) is 0 Å². The molecule has 2 atom stereocenters. The Morgan fingerprint density at radius 2 is 2.14 bits per heavy atom. The zero-order chi connectivity index (χ0) is 14.8. The maximum Gasteiger partial charge on any atom is 0.227 e. The van der Waals surface area contributed by atoms with E-state index in [1.807, 2.05) is 17.9 Å². The van der Waals surface area contributed by atoms with Crippen molar-refractivity contribution in [3.8, 4) is 0 Å². The number of aromatic nitrogens is 1. The molecule has 2 fully saturated rings. The summed E-state index contributed by atoms with van der Waals surface area (Å²) in [6.45, 7) is 10.1. The number of carbonyl (C=O) groups is 1. The first kappa shape index (κ1) is 14.5. The predicted octanol–water partition coefficient (Wildman–Crippen LogP) is 0.483. The average molecular weight is 292 g/mol. The SMILES string of the molecule is Cc1cc(CN2CCN(C(=O)[C@@H]3CNC[C@H]3C)CC2)on1. The molecule has 0 unspecified atom stereocenters. The van der Waals surface area contributed by atoms with Gasteiger partial charge in [-0.1, -0.05) is 12.1 Å². The smallest absolute Gasteiger partial charge is 0.227 e. The van der Waals surface area contributed by atoms with Crippen LogP contribution in [0.5, 0.6) is 0 Å². The molecule has 6 heteroatoms. The summed E-state index contributed by atoms with van der Waals surface area (Å²) in [5.74, 6) is 1.84. The Morgan fingerprint density at radius 3 is 2.71 bits per heavy atom. The molecule has 0 bridgehead atoms. The molecule has 21 heavy (non-hydrogen) atoms. The summed E-state index contributed by atoms with van der Waals surface area (Å²) in [7, 11) is 0. The van der Waals surface area contributed by atoms with Crippen LogP contribution in [-0.2, 0) is 11.3 Å². The van der Waals surface area contributed by atoms with Crippen molar-refractivity contribution >= 4 is 5.91 Å². The third-order valence-electron chi connectivity index (χ3n) is 4.57. The van der Waals surface area contributed by atoms with Crippen LogP contribution in [0.1, 0.15) is 18.4 Å². The van der Waals surface area contributed by atoms with E-state index in [4.69, 9.17) is 4.52 Å². The van der Waals surface area contributed by atoms with Gasteiger partial charge in [0.25, 0.3) is 0 Å². The Labute approximate surface area is 125 Å². The Kier molecular flexibility index (Phi) is 4.26. The fourth-order valence-electron chi connectivity index (χ4n) is 3.21. The van der Waals surface area contributed by atoms with Gasteiger partial charge >= 0.3 is 0 Å².